The summed E-state index contributed by atoms with van der Waals surface area (Å²) in [5.74, 6) is 1.16. The van der Waals surface area contributed by atoms with E-state index in [1.165, 1.54) is 18.4 Å². The van der Waals surface area contributed by atoms with Crippen LogP contribution in [0, 0.1) is 0 Å². The molecule has 0 saturated heterocycles. The Labute approximate surface area is 115 Å². The second-order valence-corrected chi connectivity index (χ2v) is 5.16. The van der Waals surface area contributed by atoms with Gasteiger partial charge in [-0.3, -0.25) is 4.79 Å². The third kappa shape index (κ3) is 2.98. The maximum Gasteiger partial charge on any atom is 0.248 e. The molecule has 0 spiro atoms. The number of unbranched alkanes of at least 4 members (excludes halogenated alkanes) is 1. The molecule has 0 aliphatic heterocycles. The molecule has 19 heavy (non-hydrogen) atoms. The van der Waals surface area contributed by atoms with E-state index >= 15 is 0 Å². The van der Waals surface area contributed by atoms with E-state index in [2.05, 4.69) is 34.4 Å². The number of hydrogen-bond acceptors (Lipinski definition) is 2. The van der Waals surface area contributed by atoms with Crippen LogP contribution >= 0.6 is 9.47 Å². The number of benzene rings is 1. The molecular weight excluding hydrogens is 257 g/mol. The standard InChI is InChI=1S/C15H20NO2P/c1-3-4-5-10(2)11-6-8-13(18-19)15-12(11)7-9-14(17)16-15/h6-10H,3-5,19H2,1-2H3,(H,16,17). The van der Waals surface area contributed by atoms with E-state index < -0.39 is 0 Å². The lowest BCUT2D eigenvalue weighted by molar-refractivity contribution is 0.624. The van der Waals surface area contributed by atoms with Crippen LogP contribution in [-0.2, 0) is 0 Å². The van der Waals surface area contributed by atoms with E-state index in [-0.39, 0.29) is 5.56 Å². The van der Waals surface area contributed by atoms with Crippen LogP contribution in [0.15, 0.2) is 29.1 Å². The van der Waals surface area contributed by atoms with Crippen LogP contribution in [0.2, 0.25) is 0 Å². The first kappa shape index (κ1) is 14.1. The Kier molecular flexibility index (Phi) is 4.60. The van der Waals surface area contributed by atoms with Gasteiger partial charge in [-0.15, -0.1) is 0 Å². The molecule has 0 aliphatic carbocycles. The van der Waals surface area contributed by atoms with E-state index in [0.29, 0.717) is 11.7 Å². The number of pyridine rings is 1. The topological polar surface area (TPSA) is 42.1 Å². The molecule has 1 aromatic carbocycles. The number of rotatable bonds is 5. The van der Waals surface area contributed by atoms with Crippen LogP contribution < -0.4 is 10.1 Å². The predicted octanol–water partition coefficient (Wildman–Crippen LogP) is 3.99. The largest absolute Gasteiger partial charge is 0.478 e. The summed E-state index contributed by atoms with van der Waals surface area (Å²) >= 11 is 0. The van der Waals surface area contributed by atoms with E-state index in [0.717, 1.165) is 17.3 Å². The Morgan fingerprint density at radius 3 is 2.79 bits per heavy atom. The van der Waals surface area contributed by atoms with Gasteiger partial charge in [0.15, 0.2) is 0 Å². The number of nitrogens with one attached hydrogen (secondary N) is 1. The fourth-order valence-corrected chi connectivity index (χ4v) is 2.64. The fraction of sp³-hybridized carbons (Fsp3) is 0.400. The van der Waals surface area contributed by atoms with Crippen molar-refractivity contribution >= 4 is 20.4 Å². The Morgan fingerprint density at radius 1 is 1.32 bits per heavy atom. The van der Waals surface area contributed by atoms with Crippen LogP contribution in [0.5, 0.6) is 5.75 Å². The molecule has 0 bridgehead atoms. The van der Waals surface area contributed by atoms with Gasteiger partial charge in [0.2, 0.25) is 5.56 Å². The molecule has 102 valence electrons. The van der Waals surface area contributed by atoms with Crippen LogP contribution in [0.1, 0.15) is 44.6 Å². The molecule has 0 aliphatic rings. The maximum atomic E-state index is 11.5. The number of hydrogen-bond donors (Lipinski definition) is 1. The Balaban J connectivity index is 2.54. The fourth-order valence-electron chi connectivity index (χ4n) is 2.44. The number of fused-ring (bicyclic) bond motifs is 1. The smallest absolute Gasteiger partial charge is 0.248 e. The minimum atomic E-state index is -0.103. The number of H-pyrrole nitrogens is 1. The van der Waals surface area contributed by atoms with E-state index in [1.54, 1.807) is 6.07 Å². The van der Waals surface area contributed by atoms with Gasteiger partial charge in [0, 0.05) is 11.5 Å². The SMILES string of the molecule is CCCCC(C)c1ccc(OP)c2[nH]c(=O)ccc12. The van der Waals surface area contributed by atoms with Gasteiger partial charge < -0.3 is 9.51 Å². The van der Waals surface area contributed by atoms with Gasteiger partial charge in [0.1, 0.15) is 5.75 Å². The highest BCUT2D eigenvalue weighted by molar-refractivity contribution is 7.10. The second kappa shape index (κ2) is 6.21. The molecule has 2 atom stereocenters. The van der Waals surface area contributed by atoms with Crippen molar-refractivity contribution in [1.29, 1.82) is 0 Å². The second-order valence-electron chi connectivity index (χ2n) is 4.93. The van der Waals surface area contributed by atoms with Crippen LogP contribution in [0.25, 0.3) is 10.9 Å². The first-order valence-electron chi connectivity index (χ1n) is 6.70. The molecule has 2 aromatic rings. The lowest BCUT2D eigenvalue weighted by atomic mass is 9.92. The summed E-state index contributed by atoms with van der Waals surface area (Å²) in [6.45, 7) is 4.43. The van der Waals surface area contributed by atoms with Gasteiger partial charge in [-0.25, -0.2) is 0 Å². The highest BCUT2D eigenvalue weighted by atomic mass is 31.0. The van der Waals surface area contributed by atoms with Crippen molar-refractivity contribution in [3.63, 3.8) is 0 Å². The Bertz CT molecular complexity index is 621. The van der Waals surface area contributed by atoms with Crippen LogP contribution in [-0.4, -0.2) is 4.98 Å². The van der Waals surface area contributed by atoms with Gasteiger partial charge in [-0.05, 0) is 30.0 Å². The van der Waals surface area contributed by atoms with E-state index in [9.17, 15) is 4.79 Å². The molecule has 0 amide bonds. The first-order chi connectivity index (χ1) is 9.17. The average Bonchev–Trinajstić information content (AvgIpc) is 2.43. The molecule has 0 radical (unpaired) electrons. The van der Waals surface area contributed by atoms with Crippen LogP contribution in [0.4, 0.5) is 0 Å². The van der Waals surface area contributed by atoms with E-state index in [1.807, 2.05) is 12.1 Å². The monoisotopic (exact) mass is 277 g/mol. The highest BCUT2D eigenvalue weighted by Gasteiger charge is 2.12. The summed E-state index contributed by atoms with van der Waals surface area (Å²) in [6.07, 6.45) is 3.58. The maximum absolute atomic E-state index is 11.5. The molecule has 0 saturated carbocycles. The predicted molar refractivity (Wildman–Crippen MR) is 82.8 cm³/mol. The number of aromatic nitrogens is 1. The molecule has 1 aromatic heterocycles. The molecule has 2 rings (SSSR count). The molecule has 2 unspecified atom stereocenters. The van der Waals surface area contributed by atoms with Crippen molar-refractivity contribution in [2.75, 3.05) is 0 Å². The highest BCUT2D eigenvalue weighted by Crippen LogP contribution is 2.33. The van der Waals surface area contributed by atoms with Crippen molar-refractivity contribution < 1.29 is 4.52 Å². The zero-order valence-electron chi connectivity index (χ0n) is 11.4. The first-order valence-corrected chi connectivity index (χ1v) is 7.17. The third-order valence-corrected chi connectivity index (χ3v) is 3.79. The average molecular weight is 277 g/mol. The van der Waals surface area contributed by atoms with Gasteiger partial charge in [-0.1, -0.05) is 32.8 Å². The third-order valence-electron chi connectivity index (χ3n) is 3.54. The van der Waals surface area contributed by atoms with Crippen molar-refractivity contribution in [3.8, 4) is 5.75 Å². The lowest BCUT2D eigenvalue weighted by Crippen LogP contribution is -2.05. The number of aromatic amines is 1. The quantitative estimate of drug-likeness (QED) is 0.840. The van der Waals surface area contributed by atoms with Crippen molar-refractivity contribution in [2.24, 2.45) is 0 Å². The minimum absolute atomic E-state index is 0.103. The van der Waals surface area contributed by atoms with Gasteiger partial charge >= 0.3 is 0 Å². The molecule has 3 nitrogen and oxygen atoms in total. The molecule has 4 heteroatoms. The van der Waals surface area contributed by atoms with Crippen LogP contribution in [0.3, 0.4) is 0 Å². The minimum Gasteiger partial charge on any atom is -0.478 e. The summed E-state index contributed by atoms with van der Waals surface area (Å²) in [7, 11) is 2.23. The van der Waals surface area contributed by atoms with Gasteiger partial charge in [-0.2, -0.15) is 0 Å². The lowest BCUT2D eigenvalue weighted by Gasteiger charge is -2.15. The zero-order valence-corrected chi connectivity index (χ0v) is 12.6. The van der Waals surface area contributed by atoms with Crippen molar-refractivity contribution in [3.05, 3.63) is 40.2 Å². The Hall–Kier alpha value is -1.34. The summed E-state index contributed by atoms with van der Waals surface area (Å²) in [6, 6.07) is 7.48. The molecule has 1 N–H and O–H groups in total. The summed E-state index contributed by atoms with van der Waals surface area (Å²) in [5, 5.41) is 1.07. The normalized spacial score (nSPS) is 12.6. The Morgan fingerprint density at radius 2 is 2.11 bits per heavy atom. The molecule has 1 heterocycles. The van der Waals surface area contributed by atoms with Gasteiger partial charge in [0.25, 0.3) is 0 Å². The summed E-state index contributed by atoms with van der Waals surface area (Å²) in [4.78, 5) is 14.4. The summed E-state index contributed by atoms with van der Waals surface area (Å²) < 4.78 is 5.24. The zero-order chi connectivity index (χ0) is 13.8. The van der Waals surface area contributed by atoms with E-state index in [4.69, 9.17) is 4.52 Å². The molecule has 0 fully saturated rings. The molecular formula is C15H20NO2P. The van der Waals surface area contributed by atoms with Gasteiger partial charge in [0.05, 0.1) is 15.0 Å². The van der Waals surface area contributed by atoms with Crippen molar-refractivity contribution in [1.82, 2.24) is 4.98 Å². The summed E-state index contributed by atoms with van der Waals surface area (Å²) in [5.41, 5.74) is 1.95. The van der Waals surface area contributed by atoms with Crippen molar-refractivity contribution in [2.45, 2.75) is 39.0 Å².